The van der Waals surface area contributed by atoms with Gasteiger partial charge in [0, 0.05) is 22.9 Å². The third kappa shape index (κ3) is 5.27. The van der Waals surface area contributed by atoms with Crippen LogP contribution in [0.4, 0.5) is 0 Å². The summed E-state index contributed by atoms with van der Waals surface area (Å²) >= 11 is 0. The molecule has 8 heteroatoms. The molecule has 0 saturated heterocycles. The highest BCUT2D eigenvalue weighted by Crippen LogP contribution is 2.33. The first-order valence-corrected chi connectivity index (χ1v) is 11.0. The van der Waals surface area contributed by atoms with Gasteiger partial charge in [0.25, 0.3) is 0 Å². The van der Waals surface area contributed by atoms with Crippen LogP contribution < -0.4 is 14.2 Å². The number of hydrogen-bond acceptors (Lipinski definition) is 6. The molecule has 0 fully saturated rings. The topological polar surface area (TPSA) is 107 Å². The number of H-pyrrole nitrogens is 1. The minimum Gasteiger partial charge on any atom is -0.497 e. The number of nitrogens with one attached hydrogen (secondary N) is 1. The van der Waals surface area contributed by atoms with Crippen LogP contribution in [0.25, 0.3) is 33.9 Å². The van der Waals surface area contributed by atoms with Crippen molar-refractivity contribution in [3.05, 3.63) is 67.0 Å². The third-order valence-corrected chi connectivity index (χ3v) is 5.64. The van der Waals surface area contributed by atoms with E-state index in [1.807, 2.05) is 54.6 Å². The minimum absolute atomic E-state index is 0.0847. The van der Waals surface area contributed by atoms with E-state index in [0.717, 1.165) is 33.8 Å². The molecule has 0 aliphatic rings. The third-order valence-electron chi connectivity index (χ3n) is 5.64. The lowest BCUT2D eigenvalue weighted by Gasteiger charge is -2.19. The number of rotatable bonds is 9. The highest BCUT2D eigenvalue weighted by Gasteiger charge is 2.28. The van der Waals surface area contributed by atoms with Crippen molar-refractivity contribution >= 4 is 5.97 Å². The fourth-order valence-electron chi connectivity index (χ4n) is 3.38. The Labute approximate surface area is 203 Å². The maximum absolute atomic E-state index is 11.2. The Morgan fingerprint density at radius 3 is 2.26 bits per heavy atom. The molecule has 0 atom stereocenters. The second-order valence-electron chi connectivity index (χ2n) is 8.65. The summed E-state index contributed by atoms with van der Waals surface area (Å²) in [7, 11) is 3.25. The zero-order valence-corrected chi connectivity index (χ0v) is 20.0. The van der Waals surface area contributed by atoms with Crippen LogP contribution in [0.1, 0.15) is 13.8 Å². The molecule has 8 nitrogen and oxygen atoms in total. The average molecular weight is 474 g/mol. The molecule has 0 saturated carbocycles. The van der Waals surface area contributed by atoms with Gasteiger partial charge in [-0.3, -0.25) is 9.78 Å². The molecule has 0 aliphatic carbocycles. The smallest absolute Gasteiger partial charge is 0.312 e. The van der Waals surface area contributed by atoms with Gasteiger partial charge in [-0.15, -0.1) is 0 Å². The molecule has 4 rings (SSSR count). The molecule has 0 amide bonds. The van der Waals surface area contributed by atoms with Gasteiger partial charge in [0.2, 0.25) is 0 Å². The van der Waals surface area contributed by atoms with Crippen molar-refractivity contribution < 1.29 is 24.1 Å². The predicted molar refractivity (Wildman–Crippen MR) is 133 cm³/mol. The number of benzene rings is 2. The largest absolute Gasteiger partial charge is 0.497 e. The van der Waals surface area contributed by atoms with Gasteiger partial charge < -0.3 is 24.3 Å². The number of aromatic amines is 1. The quantitative estimate of drug-likeness (QED) is 0.339. The second kappa shape index (κ2) is 9.89. The summed E-state index contributed by atoms with van der Waals surface area (Å²) < 4.78 is 16.5. The van der Waals surface area contributed by atoms with Gasteiger partial charge in [0.05, 0.1) is 37.2 Å². The van der Waals surface area contributed by atoms with Crippen LogP contribution in [0, 0.1) is 5.41 Å². The average Bonchev–Trinajstić information content (AvgIpc) is 3.38. The van der Waals surface area contributed by atoms with Gasteiger partial charge in [-0.05, 0) is 68.4 Å². The SMILES string of the molecule is COc1ccc(OC)c(-c2cnc(-c3ccc(-c4ccc(OCC(C)(C)C(=O)O)cc4)nc3)[nH]2)c1. The summed E-state index contributed by atoms with van der Waals surface area (Å²) in [6.07, 6.45) is 3.52. The van der Waals surface area contributed by atoms with Crippen molar-refractivity contribution in [3.63, 3.8) is 0 Å². The minimum atomic E-state index is -0.959. The molecule has 2 aromatic carbocycles. The van der Waals surface area contributed by atoms with E-state index in [9.17, 15) is 9.90 Å². The molecule has 180 valence electrons. The second-order valence-corrected chi connectivity index (χ2v) is 8.65. The van der Waals surface area contributed by atoms with E-state index in [2.05, 4.69) is 15.0 Å². The van der Waals surface area contributed by atoms with Gasteiger partial charge in [-0.25, -0.2) is 4.98 Å². The van der Waals surface area contributed by atoms with Crippen molar-refractivity contribution in [1.82, 2.24) is 15.0 Å². The van der Waals surface area contributed by atoms with Crippen LogP contribution in [-0.2, 0) is 4.79 Å². The fourth-order valence-corrected chi connectivity index (χ4v) is 3.38. The lowest BCUT2D eigenvalue weighted by Crippen LogP contribution is -2.30. The van der Waals surface area contributed by atoms with Crippen molar-refractivity contribution in [2.75, 3.05) is 20.8 Å². The number of aromatic nitrogens is 3. The van der Waals surface area contributed by atoms with E-state index in [1.54, 1.807) is 40.5 Å². The van der Waals surface area contributed by atoms with Crippen LogP contribution >= 0.6 is 0 Å². The number of nitrogens with zero attached hydrogens (tertiary/aromatic N) is 2. The molecule has 0 aliphatic heterocycles. The van der Waals surface area contributed by atoms with E-state index in [4.69, 9.17) is 14.2 Å². The Hall–Kier alpha value is -4.33. The van der Waals surface area contributed by atoms with Crippen LogP contribution in [-0.4, -0.2) is 46.9 Å². The Bertz CT molecular complexity index is 1310. The lowest BCUT2D eigenvalue weighted by molar-refractivity contribution is -0.148. The van der Waals surface area contributed by atoms with Gasteiger partial charge in [-0.1, -0.05) is 0 Å². The maximum atomic E-state index is 11.2. The van der Waals surface area contributed by atoms with Crippen molar-refractivity contribution in [1.29, 1.82) is 0 Å². The maximum Gasteiger partial charge on any atom is 0.312 e. The van der Waals surface area contributed by atoms with Gasteiger partial charge >= 0.3 is 5.97 Å². The highest BCUT2D eigenvalue weighted by molar-refractivity contribution is 5.74. The Balaban J connectivity index is 1.49. The van der Waals surface area contributed by atoms with E-state index >= 15 is 0 Å². The lowest BCUT2D eigenvalue weighted by atomic mass is 9.95. The molecule has 0 unspecified atom stereocenters. The monoisotopic (exact) mass is 473 g/mol. The van der Waals surface area contributed by atoms with Crippen molar-refractivity contribution in [2.45, 2.75) is 13.8 Å². The standard InChI is InChI=1S/C27H27N3O5/c1-27(2,26(31)32)16-35-19-8-5-17(6-9-19)22-11-7-18(14-28-22)25-29-15-23(30-25)21-13-20(33-3)10-12-24(21)34-4/h5-15H,16H2,1-4H3,(H,29,30)(H,31,32). The molecule has 2 aromatic heterocycles. The zero-order valence-electron chi connectivity index (χ0n) is 20.0. The van der Waals surface area contributed by atoms with Crippen molar-refractivity contribution in [3.8, 4) is 51.2 Å². The van der Waals surface area contributed by atoms with E-state index < -0.39 is 11.4 Å². The summed E-state index contributed by atoms with van der Waals surface area (Å²) in [6.45, 7) is 3.34. The summed E-state index contributed by atoms with van der Waals surface area (Å²) in [5.41, 5.74) is 3.26. The molecular formula is C27H27N3O5. The van der Waals surface area contributed by atoms with Crippen LogP contribution in [0.15, 0.2) is 67.0 Å². The van der Waals surface area contributed by atoms with Crippen LogP contribution in [0.5, 0.6) is 17.2 Å². The Morgan fingerprint density at radius 2 is 1.63 bits per heavy atom. The van der Waals surface area contributed by atoms with Crippen LogP contribution in [0.3, 0.4) is 0 Å². The molecule has 2 heterocycles. The Kier molecular flexibility index (Phi) is 6.73. The molecular weight excluding hydrogens is 446 g/mol. The number of imidazole rings is 1. The summed E-state index contributed by atoms with van der Waals surface area (Å²) in [5.74, 6) is 1.84. The van der Waals surface area contributed by atoms with Gasteiger partial charge in [0.15, 0.2) is 0 Å². The fraction of sp³-hybridized carbons (Fsp3) is 0.222. The molecule has 0 spiro atoms. The number of carboxylic acids is 1. The highest BCUT2D eigenvalue weighted by atomic mass is 16.5. The van der Waals surface area contributed by atoms with E-state index in [-0.39, 0.29) is 6.61 Å². The predicted octanol–water partition coefficient (Wildman–Crippen LogP) is 5.31. The summed E-state index contributed by atoms with van der Waals surface area (Å²) in [5, 5.41) is 9.22. The Morgan fingerprint density at radius 1 is 0.914 bits per heavy atom. The first-order chi connectivity index (χ1) is 16.8. The van der Waals surface area contributed by atoms with Crippen molar-refractivity contribution in [2.24, 2.45) is 5.41 Å². The first-order valence-electron chi connectivity index (χ1n) is 11.0. The molecule has 2 N–H and O–H groups in total. The molecule has 35 heavy (non-hydrogen) atoms. The molecule has 4 aromatic rings. The van der Waals surface area contributed by atoms with E-state index in [0.29, 0.717) is 17.3 Å². The number of hydrogen-bond donors (Lipinski definition) is 2. The van der Waals surface area contributed by atoms with Gasteiger partial charge in [0.1, 0.15) is 29.7 Å². The summed E-state index contributed by atoms with van der Waals surface area (Å²) in [6, 6.07) is 16.9. The number of methoxy groups -OCH3 is 2. The number of ether oxygens (including phenoxy) is 3. The molecule has 0 bridgehead atoms. The van der Waals surface area contributed by atoms with E-state index in [1.165, 1.54) is 0 Å². The first kappa shape index (κ1) is 23.8. The summed E-state index contributed by atoms with van der Waals surface area (Å²) in [4.78, 5) is 23.7. The van der Waals surface area contributed by atoms with Gasteiger partial charge in [-0.2, -0.15) is 0 Å². The number of aliphatic carboxylic acids is 1. The molecule has 0 radical (unpaired) electrons. The normalized spacial score (nSPS) is 11.2. The number of carbonyl (C=O) groups is 1. The number of carboxylic acid groups (broad SMARTS) is 1. The van der Waals surface area contributed by atoms with Crippen LogP contribution in [0.2, 0.25) is 0 Å². The number of pyridine rings is 1. The zero-order chi connectivity index (χ0) is 25.0.